The van der Waals surface area contributed by atoms with E-state index in [1.807, 2.05) is 11.2 Å². The maximum absolute atomic E-state index is 12.7. The van der Waals surface area contributed by atoms with E-state index in [-0.39, 0.29) is 30.3 Å². The zero-order valence-electron chi connectivity index (χ0n) is 20.4. The van der Waals surface area contributed by atoms with Gasteiger partial charge in [-0.3, -0.25) is 9.59 Å². The first kappa shape index (κ1) is 27.9. The number of rotatable bonds is 6. The number of halogens is 3. The van der Waals surface area contributed by atoms with Crippen molar-refractivity contribution in [2.75, 3.05) is 31.7 Å². The van der Waals surface area contributed by atoms with Gasteiger partial charge in [0.05, 0.1) is 17.4 Å². The lowest BCUT2D eigenvalue weighted by Gasteiger charge is -2.29. The number of hydrogen-bond donors (Lipinski definition) is 2. The van der Waals surface area contributed by atoms with Crippen molar-refractivity contribution in [3.8, 4) is 11.9 Å². The third-order valence-corrected chi connectivity index (χ3v) is 6.03. The second-order valence-corrected chi connectivity index (χ2v) is 8.74. The predicted molar refractivity (Wildman–Crippen MR) is 127 cm³/mol. The van der Waals surface area contributed by atoms with Crippen molar-refractivity contribution in [3.05, 3.63) is 46.0 Å². The smallest absolute Gasteiger partial charge is 0.423 e. The fraction of sp³-hybridized carbons (Fsp3) is 0.542. The molecule has 0 aromatic carbocycles. The summed E-state index contributed by atoms with van der Waals surface area (Å²) >= 11 is 0. The fourth-order valence-corrected chi connectivity index (χ4v) is 4.27. The van der Waals surface area contributed by atoms with Gasteiger partial charge < -0.3 is 19.7 Å². The van der Waals surface area contributed by atoms with E-state index in [9.17, 15) is 22.8 Å². The van der Waals surface area contributed by atoms with Crippen molar-refractivity contribution < 1.29 is 27.4 Å². The zero-order valence-corrected chi connectivity index (χ0v) is 20.4. The summed E-state index contributed by atoms with van der Waals surface area (Å²) in [4.78, 5) is 28.3. The van der Waals surface area contributed by atoms with Crippen molar-refractivity contribution in [2.24, 2.45) is 0 Å². The maximum Gasteiger partial charge on any atom is 0.423 e. The van der Waals surface area contributed by atoms with Crippen molar-refractivity contribution >= 4 is 11.6 Å². The monoisotopic (exact) mass is 522 g/mol. The number of alkyl halides is 3. The number of ether oxygens (including phenoxy) is 2. The van der Waals surface area contributed by atoms with Crippen LogP contribution in [0.4, 0.5) is 18.9 Å². The SMILES string of the molecule is COCC(=O)NC1CCC(Oc2ccc(C#N)cn2)CC1.O=c1[nH]ncc(N2CCCC2)c1C(F)(F)F. The molecule has 1 saturated carbocycles. The Labute approximate surface area is 211 Å². The summed E-state index contributed by atoms with van der Waals surface area (Å²) in [6.45, 7) is 1.17. The van der Waals surface area contributed by atoms with Crippen molar-refractivity contribution in [2.45, 2.75) is 56.8 Å². The lowest BCUT2D eigenvalue weighted by Crippen LogP contribution is -2.41. The van der Waals surface area contributed by atoms with Gasteiger partial charge in [-0.15, -0.1) is 0 Å². The van der Waals surface area contributed by atoms with E-state index < -0.39 is 17.3 Å². The minimum Gasteiger partial charge on any atom is -0.474 e. The molecule has 0 bridgehead atoms. The number of hydrogen-bond acceptors (Lipinski definition) is 8. The summed E-state index contributed by atoms with van der Waals surface area (Å²) in [7, 11) is 1.51. The Morgan fingerprint density at radius 2 is 1.92 bits per heavy atom. The van der Waals surface area contributed by atoms with Crippen LogP contribution in [0, 0.1) is 11.3 Å². The quantitative estimate of drug-likeness (QED) is 0.592. The number of nitrogens with zero attached hydrogens (tertiary/aromatic N) is 4. The predicted octanol–water partition coefficient (Wildman–Crippen LogP) is 2.79. The highest BCUT2D eigenvalue weighted by Gasteiger charge is 2.39. The van der Waals surface area contributed by atoms with E-state index >= 15 is 0 Å². The molecule has 2 aromatic heterocycles. The van der Waals surface area contributed by atoms with Crippen LogP contribution in [-0.4, -0.2) is 60.0 Å². The number of methoxy groups -OCH3 is 1. The third-order valence-electron chi connectivity index (χ3n) is 6.03. The first-order valence-electron chi connectivity index (χ1n) is 11.9. The van der Waals surface area contributed by atoms with Crippen LogP contribution in [0.15, 0.2) is 29.3 Å². The van der Waals surface area contributed by atoms with Crippen molar-refractivity contribution in [1.82, 2.24) is 20.5 Å². The average Bonchev–Trinajstić information content (AvgIpc) is 3.40. The number of amides is 1. The Kier molecular flexibility index (Phi) is 9.85. The van der Waals surface area contributed by atoms with Crippen molar-refractivity contribution in [1.29, 1.82) is 5.26 Å². The van der Waals surface area contributed by atoms with Crippen molar-refractivity contribution in [3.63, 3.8) is 0 Å². The van der Waals surface area contributed by atoms with Crippen LogP contribution in [-0.2, 0) is 15.7 Å². The number of nitrogens with one attached hydrogen (secondary N) is 2. The minimum atomic E-state index is -4.64. The highest BCUT2D eigenvalue weighted by atomic mass is 19.4. The Morgan fingerprint density at radius 1 is 1.22 bits per heavy atom. The largest absolute Gasteiger partial charge is 0.474 e. The number of carbonyl (C=O) groups excluding carboxylic acids is 1. The van der Waals surface area contributed by atoms with Crippen LogP contribution in [0.2, 0.25) is 0 Å². The summed E-state index contributed by atoms with van der Waals surface area (Å²) < 4.78 is 48.7. The fourth-order valence-electron chi connectivity index (χ4n) is 4.27. The Morgan fingerprint density at radius 3 is 2.49 bits per heavy atom. The molecule has 3 heterocycles. The van der Waals surface area contributed by atoms with Gasteiger partial charge in [0.1, 0.15) is 24.3 Å². The summed E-state index contributed by atoms with van der Waals surface area (Å²) in [6.07, 6.45) is 3.23. The molecule has 1 aliphatic carbocycles. The van der Waals surface area contributed by atoms with E-state index in [1.54, 1.807) is 17.0 Å². The molecule has 2 fully saturated rings. The van der Waals surface area contributed by atoms with Crippen LogP contribution in [0.25, 0.3) is 0 Å². The molecule has 200 valence electrons. The molecule has 1 amide bonds. The summed E-state index contributed by atoms with van der Waals surface area (Å²) in [6, 6.07) is 5.63. The number of aromatic nitrogens is 3. The zero-order chi connectivity index (χ0) is 26.8. The molecule has 2 N–H and O–H groups in total. The van der Waals surface area contributed by atoms with Gasteiger partial charge in [-0.05, 0) is 44.6 Å². The molecule has 2 aromatic rings. The number of nitriles is 1. The molecule has 1 aliphatic heterocycles. The molecule has 10 nitrogen and oxygen atoms in total. The second-order valence-electron chi connectivity index (χ2n) is 8.74. The standard InChI is InChI=1S/C15H19N3O3.C9H10F3N3O/c1-20-10-14(19)18-12-3-5-13(6-4-12)21-15-7-2-11(8-16)9-17-15;10-9(11,12)7-6(5-13-14-8(7)16)15-3-1-2-4-15/h2,7,9,12-13H,3-6,10H2,1H3,(H,18,19);5H,1-4H2,(H,14,16). The Hall–Kier alpha value is -3.66. The van der Waals surface area contributed by atoms with Gasteiger partial charge in [0.15, 0.2) is 0 Å². The molecule has 0 unspecified atom stereocenters. The molecule has 0 atom stereocenters. The van der Waals surface area contributed by atoms with Gasteiger partial charge in [0.2, 0.25) is 11.8 Å². The first-order chi connectivity index (χ1) is 17.7. The molecule has 37 heavy (non-hydrogen) atoms. The summed E-state index contributed by atoms with van der Waals surface area (Å²) in [5, 5.41) is 16.9. The Bertz CT molecular complexity index is 1120. The molecular formula is C24H29F3N6O4. The topological polar surface area (TPSA) is 133 Å². The first-order valence-corrected chi connectivity index (χ1v) is 11.9. The van der Waals surface area contributed by atoms with E-state index in [1.165, 1.54) is 13.3 Å². The summed E-state index contributed by atoms with van der Waals surface area (Å²) in [5.74, 6) is 0.469. The second kappa shape index (κ2) is 13.0. The molecular weight excluding hydrogens is 493 g/mol. The molecule has 0 spiro atoms. The lowest BCUT2D eigenvalue weighted by molar-refractivity contribution is -0.138. The maximum atomic E-state index is 12.7. The van der Waals surface area contributed by atoms with Crippen LogP contribution < -0.4 is 20.5 Å². The van der Waals surface area contributed by atoms with E-state index in [0.29, 0.717) is 24.5 Å². The molecule has 1 saturated heterocycles. The highest BCUT2D eigenvalue weighted by molar-refractivity contribution is 5.77. The minimum absolute atomic E-state index is 0.0735. The van der Waals surface area contributed by atoms with Crippen LogP contribution in [0.3, 0.4) is 0 Å². The normalized spacial score (nSPS) is 19.4. The van der Waals surface area contributed by atoms with Crippen LogP contribution in [0.5, 0.6) is 5.88 Å². The van der Waals surface area contributed by atoms with Crippen LogP contribution in [0.1, 0.15) is 49.7 Å². The van der Waals surface area contributed by atoms with Crippen LogP contribution >= 0.6 is 0 Å². The van der Waals surface area contributed by atoms with Gasteiger partial charge in [-0.2, -0.15) is 23.5 Å². The molecule has 4 rings (SSSR count). The number of carbonyl (C=O) groups is 1. The lowest BCUT2D eigenvalue weighted by atomic mass is 9.93. The summed E-state index contributed by atoms with van der Waals surface area (Å²) in [5.41, 5.74) is -1.93. The Balaban J connectivity index is 0.000000213. The number of pyridine rings is 1. The van der Waals surface area contributed by atoms with E-state index in [0.717, 1.165) is 44.7 Å². The van der Waals surface area contributed by atoms with Gasteiger partial charge in [-0.25, -0.2) is 10.1 Å². The average molecular weight is 523 g/mol. The molecule has 13 heteroatoms. The number of H-pyrrole nitrogens is 1. The van der Waals surface area contributed by atoms with E-state index in [2.05, 4.69) is 15.4 Å². The van der Waals surface area contributed by atoms with Gasteiger partial charge >= 0.3 is 6.18 Å². The molecule has 2 aliphatic rings. The number of anilines is 1. The highest BCUT2D eigenvalue weighted by Crippen LogP contribution is 2.34. The van der Waals surface area contributed by atoms with Gasteiger partial charge in [-0.1, -0.05) is 0 Å². The molecule has 0 radical (unpaired) electrons. The van der Waals surface area contributed by atoms with Gasteiger partial charge in [0, 0.05) is 38.5 Å². The number of aromatic amines is 1. The third kappa shape index (κ3) is 8.18. The van der Waals surface area contributed by atoms with Gasteiger partial charge in [0.25, 0.3) is 5.56 Å². The van der Waals surface area contributed by atoms with E-state index in [4.69, 9.17) is 14.7 Å².